The average molecular weight is 248 g/mol. The number of imidazole rings is 1. The molecular formula is C13H14ClN3. The first-order valence-electron chi connectivity index (χ1n) is 5.82. The van der Waals surface area contributed by atoms with Crippen molar-refractivity contribution in [2.75, 3.05) is 13.1 Å². The Morgan fingerprint density at radius 1 is 1.24 bits per heavy atom. The van der Waals surface area contributed by atoms with E-state index in [4.69, 9.17) is 11.6 Å². The molecule has 0 aliphatic carbocycles. The predicted molar refractivity (Wildman–Crippen MR) is 69.1 cm³/mol. The second-order valence-electron chi connectivity index (χ2n) is 4.49. The first-order valence-corrected chi connectivity index (χ1v) is 6.19. The maximum atomic E-state index is 5.86. The van der Waals surface area contributed by atoms with Crippen molar-refractivity contribution in [1.82, 2.24) is 15.3 Å². The van der Waals surface area contributed by atoms with E-state index in [1.807, 2.05) is 30.5 Å². The van der Waals surface area contributed by atoms with Crippen molar-refractivity contribution in [3.63, 3.8) is 0 Å². The van der Waals surface area contributed by atoms with Crippen LogP contribution in [0.1, 0.15) is 5.69 Å². The van der Waals surface area contributed by atoms with E-state index < -0.39 is 0 Å². The Bertz CT molecular complexity index is 500. The van der Waals surface area contributed by atoms with Crippen molar-refractivity contribution in [3.05, 3.63) is 41.2 Å². The first-order chi connectivity index (χ1) is 8.31. The van der Waals surface area contributed by atoms with E-state index in [2.05, 4.69) is 15.3 Å². The summed E-state index contributed by atoms with van der Waals surface area (Å²) >= 11 is 5.86. The maximum Gasteiger partial charge on any atom is 0.137 e. The highest BCUT2D eigenvalue weighted by Crippen LogP contribution is 2.20. The first kappa shape index (κ1) is 10.8. The van der Waals surface area contributed by atoms with Gasteiger partial charge in [-0.3, -0.25) is 0 Å². The second-order valence-corrected chi connectivity index (χ2v) is 4.93. The van der Waals surface area contributed by atoms with E-state index in [1.165, 1.54) is 5.69 Å². The second kappa shape index (κ2) is 4.51. The Labute approximate surface area is 105 Å². The molecule has 1 aliphatic heterocycles. The van der Waals surface area contributed by atoms with Crippen molar-refractivity contribution in [3.8, 4) is 11.4 Å². The molecule has 1 aromatic heterocycles. The fourth-order valence-electron chi connectivity index (χ4n) is 2.02. The number of rotatable bonds is 3. The third kappa shape index (κ3) is 2.35. The number of aromatic nitrogens is 2. The Morgan fingerprint density at radius 2 is 2.00 bits per heavy atom. The van der Waals surface area contributed by atoms with Crippen LogP contribution in [0.2, 0.25) is 5.02 Å². The molecule has 0 amide bonds. The maximum absolute atomic E-state index is 5.86. The quantitative estimate of drug-likeness (QED) is 0.875. The monoisotopic (exact) mass is 247 g/mol. The van der Waals surface area contributed by atoms with Gasteiger partial charge in [0, 0.05) is 22.5 Å². The summed E-state index contributed by atoms with van der Waals surface area (Å²) in [5, 5.41) is 4.03. The summed E-state index contributed by atoms with van der Waals surface area (Å²) in [6, 6.07) is 7.73. The smallest absolute Gasteiger partial charge is 0.137 e. The molecule has 4 heteroatoms. The highest BCUT2D eigenvalue weighted by Gasteiger charge is 2.18. The average Bonchev–Trinajstić information content (AvgIpc) is 2.73. The molecule has 0 atom stereocenters. The molecule has 2 heterocycles. The van der Waals surface area contributed by atoms with Crippen molar-refractivity contribution in [2.24, 2.45) is 5.92 Å². The minimum Gasteiger partial charge on any atom is -0.342 e. The fraction of sp³-hybridized carbons (Fsp3) is 0.308. The van der Waals surface area contributed by atoms with Gasteiger partial charge in [-0.05, 0) is 49.7 Å². The number of aromatic amines is 1. The molecule has 0 spiro atoms. The summed E-state index contributed by atoms with van der Waals surface area (Å²) in [5.74, 6) is 1.68. The van der Waals surface area contributed by atoms with Gasteiger partial charge in [0.25, 0.3) is 0 Å². The summed E-state index contributed by atoms with van der Waals surface area (Å²) in [4.78, 5) is 7.77. The number of H-pyrrole nitrogens is 1. The molecule has 1 aromatic carbocycles. The van der Waals surface area contributed by atoms with Crippen LogP contribution >= 0.6 is 11.6 Å². The molecule has 1 aliphatic rings. The zero-order chi connectivity index (χ0) is 11.7. The molecule has 2 aromatic rings. The minimum atomic E-state index is 0.751. The van der Waals surface area contributed by atoms with Gasteiger partial charge in [0.15, 0.2) is 0 Å². The van der Waals surface area contributed by atoms with Crippen LogP contribution in [0.25, 0.3) is 11.4 Å². The number of benzene rings is 1. The third-order valence-electron chi connectivity index (χ3n) is 3.12. The molecule has 1 fully saturated rings. The topological polar surface area (TPSA) is 40.7 Å². The zero-order valence-electron chi connectivity index (χ0n) is 9.41. The molecule has 0 unspecified atom stereocenters. The van der Waals surface area contributed by atoms with Crippen LogP contribution in [-0.4, -0.2) is 23.1 Å². The largest absolute Gasteiger partial charge is 0.342 e. The van der Waals surface area contributed by atoms with Gasteiger partial charge in [0.05, 0.1) is 0 Å². The van der Waals surface area contributed by atoms with E-state index in [0.29, 0.717) is 0 Å². The number of hydrogen-bond acceptors (Lipinski definition) is 2. The highest BCUT2D eigenvalue weighted by atomic mass is 35.5. The molecule has 1 saturated heterocycles. The van der Waals surface area contributed by atoms with E-state index in [9.17, 15) is 0 Å². The van der Waals surface area contributed by atoms with Crippen molar-refractivity contribution >= 4 is 11.6 Å². The van der Waals surface area contributed by atoms with Gasteiger partial charge < -0.3 is 10.3 Å². The SMILES string of the molecule is Clc1ccc(-c2ncc(CC3CNC3)[nH]2)cc1. The molecule has 3 nitrogen and oxygen atoms in total. The van der Waals surface area contributed by atoms with Crippen molar-refractivity contribution in [1.29, 1.82) is 0 Å². The zero-order valence-corrected chi connectivity index (χ0v) is 10.2. The van der Waals surface area contributed by atoms with Gasteiger partial charge in [0.2, 0.25) is 0 Å². The van der Waals surface area contributed by atoms with Crippen LogP contribution in [0.5, 0.6) is 0 Å². The lowest BCUT2D eigenvalue weighted by molar-refractivity contribution is 0.344. The van der Waals surface area contributed by atoms with Crippen LogP contribution in [0.3, 0.4) is 0 Å². The molecular weight excluding hydrogens is 234 g/mol. The van der Waals surface area contributed by atoms with Crippen LogP contribution in [0.4, 0.5) is 0 Å². The molecule has 0 bridgehead atoms. The summed E-state index contributed by atoms with van der Waals surface area (Å²) in [7, 11) is 0. The number of halogens is 1. The van der Waals surface area contributed by atoms with E-state index in [0.717, 1.165) is 41.8 Å². The number of nitrogens with zero attached hydrogens (tertiary/aromatic N) is 1. The number of nitrogens with one attached hydrogen (secondary N) is 2. The van der Waals surface area contributed by atoms with Gasteiger partial charge in [-0.15, -0.1) is 0 Å². The van der Waals surface area contributed by atoms with E-state index >= 15 is 0 Å². The Balaban J connectivity index is 1.76. The highest BCUT2D eigenvalue weighted by molar-refractivity contribution is 6.30. The van der Waals surface area contributed by atoms with Gasteiger partial charge >= 0.3 is 0 Å². The Morgan fingerprint density at radius 3 is 2.65 bits per heavy atom. The molecule has 17 heavy (non-hydrogen) atoms. The van der Waals surface area contributed by atoms with Crippen LogP contribution < -0.4 is 5.32 Å². The van der Waals surface area contributed by atoms with E-state index in [1.54, 1.807) is 0 Å². The van der Waals surface area contributed by atoms with Crippen molar-refractivity contribution in [2.45, 2.75) is 6.42 Å². The number of hydrogen-bond donors (Lipinski definition) is 2. The lowest BCUT2D eigenvalue weighted by Gasteiger charge is -2.26. The molecule has 0 saturated carbocycles. The third-order valence-corrected chi connectivity index (χ3v) is 3.37. The predicted octanol–water partition coefficient (Wildman–Crippen LogP) is 2.49. The van der Waals surface area contributed by atoms with Gasteiger partial charge in [0.1, 0.15) is 5.82 Å². The lowest BCUT2D eigenvalue weighted by atomic mass is 9.98. The molecule has 0 radical (unpaired) electrons. The minimum absolute atomic E-state index is 0.751. The van der Waals surface area contributed by atoms with Gasteiger partial charge in [-0.25, -0.2) is 4.98 Å². The lowest BCUT2D eigenvalue weighted by Crippen LogP contribution is -2.43. The summed E-state index contributed by atoms with van der Waals surface area (Å²) < 4.78 is 0. The summed E-state index contributed by atoms with van der Waals surface area (Å²) in [6.45, 7) is 2.24. The normalized spacial score (nSPS) is 15.8. The van der Waals surface area contributed by atoms with Crippen LogP contribution in [0.15, 0.2) is 30.5 Å². The van der Waals surface area contributed by atoms with Gasteiger partial charge in [-0.2, -0.15) is 0 Å². The summed E-state index contributed by atoms with van der Waals surface area (Å²) in [6.07, 6.45) is 3.01. The molecule has 3 rings (SSSR count). The Hall–Kier alpha value is -1.32. The standard InChI is InChI=1S/C13H14ClN3/c14-11-3-1-10(2-4-11)13-16-8-12(17-13)5-9-6-15-7-9/h1-4,8-9,15H,5-7H2,(H,16,17). The molecule has 88 valence electrons. The van der Waals surface area contributed by atoms with Crippen LogP contribution in [0, 0.1) is 5.92 Å². The Kier molecular flexibility index (Phi) is 2.87. The van der Waals surface area contributed by atoms with Crippen molar-refractivity contribution < 1.29 is 0 Å². The van der Waals surface area contributed by atoms with E-state index in [-0.39, 0.29) is 0 Å². The fourth-order valence-corrected chi connectivity index (χ4v) is 2.15. The summed E-state index contributed by atoms with van der Waals surface area (Å²) in [5.41, 5.74) is 2.29. The van der Waals surface area contributed by atoms with Gasteiger partial charge in [-0.1, -0.05) is 11.6 Å². The molecule has 2 N–H and O–H groups in total. The van der Waals surface area contributed by atoms with Crippen LogP contribution in [-0.2, 0) is 6.42 Å².